The Bertz CT molecular complexity index is 2060. The van der Waals surface area contributed by atoms with Gasteiger partial charge >= 0.3 is 7.69 Å². The van der Waals surface area contributed by atoms with Gasteiger partial charge in [-0.15, -0.1) is 11.3 Å². The summed E-state index contributed by atoms with van der Waals surface area (Å²) in [6.45, 7) is 0. The Hall–Kier alpha value is -4.12. The van der Waals surface area contributed by atoms with E-state index in [1.165, 1.54) is 64.3 Å². The van der Waals surface area contributed by atoms with Crippen molar-refractivity contribution in [3.8, 4) is 16.9 Å². The van der Waals surface area contributed by atoms with Gasteiger partial charge in [0.2, 0.25) is 0 Å². The molecule has 0 saturated carbocycles. The van der Waals surface area contributed by atoms with Gasteiger partial charge in [-0.2, -0.15) is 0 Å². The molecule has 7 aromatic carbocycles. The molecule has 0 amide bonds. The quantitative estimate of drug-likeness (QED) is 0.204. The van der Waals surface area contributed by atoms with E-state index in [1.807, 2.05) is 12.1 Å². The molecular weight excluding hydrogens is 459 g/mol. The van der Waals surface area contributed by atoms with Crippen molar-refractivity contribution >= 4 is 82.3 Å². The molecule has 0 saturated heterocycles. The van der Waals surface area contributed by atoms with Gasteiger partial charge in [0.05, 0.1) is 4.70 Å². The van der Waals surface area contributed by atoms with Crippen LogP contribution in [0.3, 0.4) is 0 Å². The lowest BCUT2D eigenvalue weighted by Gasteiger charge is -2.13. The van der Waals surface area contributed by atoms with E-state index >= 15 is 0 Å². The predicted molar refractivity (Wildman–Crippen MR) is 155 cm³/mol. The summed E-state index contributed by atoms with van der Waals surface area (Å²) in [6, 6.07) is 37.2. The third-order valence-corrected chi connectivity index (χ3v) is 8.57. The van der Waals surface area contributed by atoms with Crippen molar-refractivity contribution < 1.29 is 9.68 Å². The van der Waals surface area contributed by atoms with Gasteiger partial charge in [-0.3, -0.25) is 0 Å². The van der Waals surface area contributed by atoms with Crippen molar-refractivity contribution in [3.05, 3.63) is 103 Å². The highest BCUT2D eigenvalue weighted by atomic mass is 32.1. The normalized spacial score (nSPS) is 12.0. The molecule has 0 aliphatic heterocycles. The number of hydrogen-bond acceptors (Lipinski definition) is 3. The first kappa shape index (κ1) is 20.1. The zero-order chi connectivity index (χ0) is 23.8. The molecule has 1 N–H and O–H groups in total. The lowest BCUT2D eigenvalue weighted by Crippen LogP contribution is -1.99. The number of hydrogen-bond donors (Lipinski definition) is 1. The van der Waals surface area contributed by atoms with Crippen molar-refractivity contribution in [1.29, 1.82) is 0 Å². The maximum Gasteiger partial charge on any atom is 0.569 e. The van der Waals surface area contributed by atoms with E-state index < -0.39 is 0 Å². The Kier molecular flexibility index (Phi) is 4.16. The van der Waals surface area contributed by atoms with Crippen molar-refractivity contribution in [1.82, 2.24) is 0 Å². The first-order chi connectivity index (χ1) is 17.8. The summed E-state index contributed by atoms with van der Waals surface area (Å²) in [6.07, 6.45) is 0. The van der Waals surface area contributed by atoms with Crippen molar-refractivity contribution in [2.24, 2.45) is 0 Å². The fourth-order valence-electron chi connectivity index (χ4n) is 5.84. The molecule has 1 heterocycles. The molecule has 2 nitrogen and oxygen atoms in total. The maximum absolute atomic E-state index is 9.38. The zero-order valence-electron chi connectivity index (χ0n) is 19.2. The topological polar surface area (TPSA) is 29.5 Å². The number of benzene rings is 7. The molecule has 1 radical (unpaired) electrons. The molecule has 0 fully saturated rings. The highest BCUT2D eigenvalue weighted by molar-refractivity contribution is 7.26. The Morgan fingerprint density at radius 1 is 0.556 bits per heavy atom. The monoisotopic (exact) mass is 477 g/mol. The first-order valence-corrected chi connectivity index (χ1v) is 12.8. The smallest absolute Gasteiger partial charge is 0.536 e. The second-order valence-electron chi connectivity index (χ2n) is 9.34. The van der Waals surface area contributed by atoms with Crippen LogP contribution in [0.1, 0.15) is 0 Å². The molecule has 0 aliphatic carbocycles. The average molecular weight is 477 g/mol. The van der Waals surface area contributed by atoms with Gasteiger partial charge < -0.3 is 9.68 Å². The lowest BCUT2D eigenvalue weighted by molar-refractivity contribution is 0.457. The molecule has 36 heavy (non-hydrogen) atoms. The minimum absolute atomic E-state index is 0.678. The summed E-state index contributed by atoms with van der Waals surface area (Å²) in [5.74, 6) is 0.678. The summed E-state index contributed by atoms with van der Waals surface area (Å²) >= 11 is 1.71. The number of thiophene rings is 1. The van der Waals surface area contributed by atoms with E-state index in [2.05, 4.69) is 91.0 Å². The Balaban J connectivity index is 1.38. The molecule has 1 aromatic heterocycles. The van der Waals surface area contributed by atoms with Gasteiger partial charge in [0, 0.05) is 15.5 Å². The first-order valence-electron chi connectivity index (χ1n) is 12.0. The van der Waals surface area contributed by atoms with E-state index in [0.717, 1.165) is 17.8 Å². The second-order valence-corrected chi connectivity index (χ2v) is 10.4. The minimum Gasteiger partial charge on any atom is -0.536 e. The average Bonchev–Trinajstić information content (AvgIpc) is 3.31. The van der Waals surface area contributed by atoms with Crippen LogP contribution in [0.2, 0.25) is 0 Å². The van der Waals surface area contributed by atoms with E-state index in [0.29, 0.717) is 5.75 Å². The van der Waals surface area contributed by atoms with Crippen molar-refractivity contribution in [3.63, 3.8) is 0 Å². The van der Waals surface area contributed by atoms with E-state index in [9.17, 15) is 5.02 Å². The Morgan fingerprint density at radius 2 is 1.25 bits per heavy atom. The molecule has 4 heteroatoms. The van der Waals surface area contributed by atoms with E-state index in [1.54, 1.807) is 11.3 Å². The van der Waals surface area contributed by atoms with Gasteiger partial charge in [-0.1, -0.05) is 78.9 Å². The number of fused-ring (bicyclic) bond motifs is 5. The SMILES string of the molecule is O[B]Oc1cc2ccccc2c2c1sc1cc(-c3cc4ccc5cccc6ccc(c3)c4c56)ccc12. The summed E-state index contributed by atoms with van der Waals surface area (Å²) in [5.41, 5.74) is 2.41. The van der Waals surface area contributed by atoms with Crippen LogP contribution in [-0.4, -0.2) is 12.7 Å². The summed E-state index contributed by atoms with van der Waals surface area (Å²) in [7, 11) is 0.767. The van der Waals surface area contributed by atoms with Crippen LogP contribution >= 0.6 is 11.3 Å². The molecule has 167 valence electrons. The van der Waals surface area contributed by atoms with Crippen LogP contribution in [0.5, 0.6) is 5.75 Å². The van der Waals surface area contributed by atoms with Crippen LogP contribution in [0, 0.1) is 0 Å². The molecule has 0 unspecified atom stereocenters. The molecular formula is C32H18BO2S. The zero-order valence-corrected chi connectivity index (χ0v) is 20.0. The summed E-state index contributed by atoms with van der Waals surface area (Å²) in [4.78, 5) is 0. The Labute approximate surface area is 211 Å². The molecule has 0 spiro atoms. The van der Waals surface area contributed by atoms with Gasteiger partial charge in [0.1, 0.15) is 5.75 Å². The van der Waals surface area contributed by atoms with Crippen LogP contribution in [0.15, 0.2) is 103 Å². The third kappa shape index (κ3) is 2.77. The van der Waals surface area contributed by atoms with Crippen molar-refractivity contribution in [2.45, 2.75) is 0 Å². The highest BCUT2D eigenvalue weighted by Crippen LogP contribution is 2.45. The van der Waals surface area contributed by atoms with Gasteiger partial charge in [0.25, 0.3) is 0 Å². The van der Waals surface area contributed by atoms with Crippen LogP contribution in [0.4, 0.5) is 0 Å². The van der Waals surface area contributed by atoms with Gasteiger partial charge in [0.15, 0.2) is 0 Å². The fourth-order valence-corrected chi connectivity index (χ4v) is 7.05. The van der Waals surface area contributed by atoms with Crippen LogP contribution in [-0.2, 0) is 0 Å². The van der Waals surface area contributed by atoms with Gasteiger partial charge in [-0.05, 0) is 78.5 Å². The van der Waals surface area contributed by atoms with Crippen LogP contribution in [0.25, 0.3) is 74.4 Å². The molecule has 0 aliphatic rings. The fraction of sp³-hybridized carbons (Fsp3) is 0. The molecule has 0 atom stereocenters. The molecule has 0 bridgehead atoms. The standard InChI is InChI=1S/C32H18BO2S/c34-33-35-27-16-21-4-1-2-7-25(21)31-26-13-12-20(17-28(26)36-32(27)31)24-14-22-10-8-18-5-3-6-19-9-11-23(15-24)30(22)29(18)19/h1-17,34H. The summed E-state index contributed by atoms with van der Waals surface area (Å²) < 4.78 is 7.77. The predicted octanol–water partition coefficient (Wildman–Crippen LogP) is 8.68. The maximum atomic E-state index is 9.38. The van der Waals surface area contributed by atoms with Crippen LogP contribution < -0.4 is 4.65 Å². The highest BCUT2D eigenvalue weighted by Gasteiger charge is 2.16. The second kappa shape index (κ2) is 7.44. The third-order valence-electron chi connectivity index (χ3n) is 7.41. The molecule has 8 rings (SSSR count). The Morgan fingerprint density at radius 3 is 2.03 bits per heavy atom. The minimum atomic E-state index is 0.678. The lowest BCUT2D eigenvalue weighted by atomic mass is 9.91. The van der Waals surface area contributed by atoms with Gasteiger partial charge in [-0.25, -0.2) is 0 Å². The van der Waals surface area contributed by atoms with E-state index in [4.69, 9.17) is 4.65 Å². The van der Waals surface area contributed by atoms with E-state index in [-0.39, 0.29) is 0 Å². The van der Waals surface area contributed by atoms with Crippen molar-refractivity contribution in [2.75, 3.05) is 0 Å². The summed E-state index contributed by atoms with van der Waals surface area (Å²) in [5, 5.41) is 21.8. The molecule has 8 aromatic rings. The largest absolute Gasteiger partial charge is 0.569 e. The number of rotatable bonds is 3.